The molecule has 0 aliphatic rings. The molecule has 0 amide bonds. The van der Waals surface area contributed by atoms with Crippen molar-refractivity contribution >= 4 is 50.6 Å². The van der Waals surface area contributed by atoms with Gasteiger partial charge in [-0.2, -0.15) is 0 Å². The van der Waals surface area contributed by atoms with Gasteiger partial charge in [0, 0.05) is 9.13 Å². The molecule has 1 aromatic carbocycles. The van der Waals surface area contributed by atoms with Gasteiger partial charge in [-0.3, -0.25) is 9.59 Å². The Hall–Kier alpha value is -0.430. The van der Waals surface area contributed by atoms with E-state index >= 15 is 0 Å². The van der Waals surface area contributed by atoms with Crippen LogP contribution >= 0.6 is 38.5 Å². The maximum absolute atomic E-state index is 11.5. The summed E-state index contributed by atoms with van der Waals surface area (Å²) in [5, 5.41) is 0.257. The molecule has 0 saturated heterocycles. The Kier molecular flexibility index (Phi) is 4.72. The fraction of sp³-hybridized carbons (Fsp3) is 0.200. The minimum atomic E-state index is -0.0323. The molecule has 0 atom stereocenters. The summed E-state index contributed by atoms with van der Waals surface area (Å²) >= 11 is 5.13. The molecule has 5 heteroatoms. The quantitative estimate of drug-likeness (QED) is 0.348. The highest BCUT2D eigenvalue weighted by Gasteiger charge is 2.13. The lowest BCUT2D eigenvalue weighted by Gasteiger charge is -2.07. The van der Waals surface area contributed by atoms with Crippen LogP contribution in [-0.4, -0.2) is 24.5 Å². The monoisotopic (exact) mass is 382 g/mol. The summed E-state index contributed by atoms with van der Waals surface area (Å²) in [6, 6.07) is 3.23. The van der Waals surface area contributed by atoms with E-state index in [0.717, 1.165) is 3.57 Å². The number of benzene rings is 1. The van der Waals surface area contributed by atoms with E-state index in [1.807, 2.05) is 22.6 Å². The third kappa shape index (κ3) is 2.78. The molecule has 1 aromatic rings. The normalized spacial score (nSPS) is 9.80. The number of ketones is 1. The Morgan fingerprint density at radius 2 is 2.27 bits per heavy atom. The molecule has 0 bridgehead atoms. The van der Waals surface area contributed by atoms with Crippen molar-refractivity contribution in [1.29, 1.82) is 0 Å². The van der Waals surface area contributed by atoms with Crippen LogP contribution in [0.1, 0.15) is 20.7 Å². The number of hydrogen-bond acceptors (Lipinski definition) is 3. The first-order chi connectivity index (χ1) is 7.13. The van der Waals surface area contributed by atoms with Gasteiger partial charge in [0.05, 0.1) is 18.0 Å². The number of rotatable bonds is 4. The molecular weight excluding hydrogens is 375 g/mol. The van der Waals surface area contributed by atoms with E-state index in [2.05, 4.69) is 15.9 Å². The van der Waals surface area contributed by atoms with Gasteiger partial charge in [-0.1, -0.05) is 15.9 Å². The summed E-state index contributed by atoms with van der Waals surface area (Å²) in [5.74, 6) is 0.393. The Bertz CT molecular complexity index is 404. The highest BCUT2D eigenvalue weighted by Crippen LogP contribution is 2.24. The number of Topliss-reactive ketones (excluding diaryl/α,β-unsaturated/α-hetero) is 1. The first-order valence-corrected chi connectivity index (χ1v) is 6.26. The second-order valence-corrected chi connectivity index (χ2v) is 4.47. The van der Waals surface area contributed by atoms with Crippen molar-refractivity contribution in [3.05, 3.63) is 26.8 Å². The highest BCUT2D eigenvalue weighted by atomic mass is 127. The number of methoxy groups -OCH3 is 1. The lowest BCUT2D eigenvalue weighted by atomic mass is 10.1. The smallest absolute Gasteiger partial charge is 0.174 e. The summed E-state index contributed by atoms with van der Waals surface area (Å²) in [5.41, 5.74) is 1.02. The Morgan fingerprint density at radius 3 is 2.73 bits per heavy atom. The van der Waals surface area contributed by atoms with Gasteiger partial charge < -0.3 is 4.74 Å². The molecule has 80 valence electrons. The maximum Gasteiger partial charge on any atom is 0.174 e. The summed E-state index contributed by atoms with van der Waals surface area (Å²) in [4.78, 5) is 22.2. The minimum Gasteiger partial charge on any atom is -0.496 e. The van der Waals surface area contributed by atoms with Crippen molar-refractivity contribution in [2.75, 3.05) is 12.4 Å². The van der Waals surface area contributed by atoms with Crippen molar-refractivity contribution in [1.82, 2.24) is 0 Å². The van der Waals surface area contributed by atoms with Crippen LogP contribution in [0.3, 0.4) is 0 Å². The molecule has 0 fully saturated rings. The molecule has 3 nitrogen and oxygen atoms in total. The first kappa shape index (κ1) is 12.6. The largest absolute Gasteiger partial charge is 0.496 e. The van der Waals surface area contributed by atoms with Gasteiger partial charge in [0.1, 0.15) is 5.75 Å². The Labute approximate surface area is 109 Å². The van der Waals surface area contributed by atoms with Crippen LogP contribution < -0.4 is 4.74 Å². The summed E-state index contributed by atoms with van der Waals surface area (Å²) in [6.45, 7) is 0. The molecule has 0 saturated carbocycles. The van der Waals surface area contributed by atoms with E-state index < -0.39 is 0 Å². The van der Waals surface area contributed by atoms with Crippen molar-refractivity contribution in [3.8, 4) is 5.75 Å². The predicted octanol–water partition coefficient (Wildman–Crippen LogP) is 2.69. The van der Waals surface area contributed by atoms with Gasteiger partial charge in [0.25, 0.3) is 0 Å². The van der Waals surface area contributed by atoms with E-state index in [1.54, 1.807) is 12.1 Å². The van der Waals surface area contributed by atoms with Crippen LogP contribution in [0.2, 0.25) is 0 Å². The third-order valence-electron chi connectivity index (χ3n) is 1.87. The molecule has 0 spiro atoms. The number of alkyl halides is 1. The van der Waals surface area contributed by atoms with Crippen LogP contribution in [-0.2, 0) is 0 Å². The van der Waals surface area contributed by atoms with Crippen LogP contribution in [0.5, 0.6) is 5.75 Å². The zero-order valence-corrected chi connectivity index (χ0v) is 11.7. The topological polar surface area (TPSA) is 43.4 Å². The SMILES string of the molecule is COc1cc(C(=O)CBr)c(I)cc1C=O. The fourth-order valence-electron chi connectivity index (χ4n) is 1.12. The molecule has 15 heavy (non-hydrogen) atoms. The van der Waals surface area contributed by atoms with E-state index in [1.165, 1.54) is 7.11 Å². The number of ether oxygens (including phenoxy) is 1. The maximum atomic E-state index is 11.5. The van der Waals surface area contributed by atoms with E-state index in [-0.39, 0.29) is 11.1 Å². The van der Waals surface area contributed by atoms with Crippen LogP contribution in [0.15, 0.2) is 12.1 Å². The van der Waals surface area contributed by atoms with Crippen molar-refractivity contribution < 1.29 is 14.3 Å². The van der Waals surface area contributed by atoms with E-state index in [9.17, 15) is 9.59 Å². The van der Waals surface area contributed by atoms with Crippen LogP contribution in [0, 0.1) is 3.57 Å². The second-order valence-electron chi connectivity index (χ2n) is 2.75. The van der Waals surface area contributed by atoms with E-state index in [0.29, 0.717) is 23.2 Å². The predicted molar refractivity (Wildman–Crippen MR) is 69.2 cm³/mol. The lowest BCUT2D eigenvalue weighted by Crippen LogP contribution is -2.05. The molecule has 0 radical (unpaired) electrons. The first-order valence-electron chi connectivity index (χ1n) is 4.06. The van der Waals surface area contributed by atoms with Crippen LogP contribution in [0.4, 0.5) is 0 Å². The molecule has 0 N–H and O–H groups in total. The van der Waals surface area contributed by atoms with Gasteiger partial charge in [0.15, 0.2) is 12.1 Å². The molecular formula is C10H8BrIO3. The molecule has 0 aliphatic heterocycles. The summed E-state index contributed by atoms with van der Waals surface area (Å²) < 4.78 is 5.77. The number of halogens is 2. The molecule has 0 aromatic heterocycles. The molecule has 1 rings (SSSR count). The van der Waals surface area contributed by atoms with Gasteiger partial charge in [-0.05, 0) is 34.7 Å². The molecule has 0 heterocycles. The standard InChI is InChI=1S/C10H8BrIO3/c1-15-10-3-7(9(14)4-11)8(12)2-6(10)5-13/h2-3,5H,4H2,1H3. The average Bonchev–Trinajstić information content (AvgIpc) is 2.27. The number of aldehydes is 1. The fourth-order valence-corrected chi connectivity index (χ4v) is 2.22. The molecule has 0 aliphatic carbocycles. The van der Waals surface area contributed by atoms with Gasteiger partial charge in [-0.25, -0.2) is 0 Å². The summed E-state index contributed by atoms with van der Waals surface area (Å²) in [7, 11) is 1.47. The van der Waals surface area contributed by atoms with Crippen molar-refractivity contribution in [3.63, 3.8) is 0 Å². The second kappa shape index (κ2) is 5.60. The number of carbonyl (C=O) groups excluding carboxylic acids is 2. The van der Waals surface area contributed by atoms with E-state index in [4.69, 9.17) is 4.74 Å². The number of carbonyl (C=O) groups is 2. The Balaban J connectivity index is 3.31. The molecule has 0 unspecified atom stereocenters. The summed E-state index contributed by atoms with van der Waals surface area (Å²) in [6.07, 6.45) is 0.712. The number of hydrogen-bond donors (Lipinski definition) is 0. The van der Waals surface area contributed by atoms with Gasteiger partial charge >= 0.3 is 0 Å². The minimum absolute atomic E-state index is 0.0323. The third-order valence-corrected chi connectivity index (χ3v) is 3.27. The van der Waals surface area contributed by atoms with Gasteiger partial charge in [0.2, 0.25) is 0 Å². The van der Waals surface area contributed by atoms with Crippen LogP contribution in [0.25, 0.3) is 0 Å². The average molecular weight is 383 g/mol. The zero-order chi connectivity index (χ0) is 11.4. The Morgan fingerprint density at radius 1 is 1.60 bits per heavy atom. The van der Waals surface area contributed by atoms with Gasteiger partial charge in [-0.15, -0.1) is 0 Å². The highest BCUT2D eigenvalue weighted by molar-refractivity contribution is 14.1. The lowest BCUT2D eigenvalue weighted by molar-refractivity contribution is 0.102. The van der Waals surface area contributed by atoms with Crippen molar-refractivity contribution in [2.45, 2.75) is 0 Å². The zero-order valence-electron chi connectivity index (χ0n) is 7.92. The van der Waals surface area contributed by atoms with Crippen molar-refractivity contribution in [2.24, 2.45) is 0 Å².